The SMILES string of the molecule is CCN(C)CCCC(S)(C(C)C)N1CC2(CCN(c3ncnnc3Oc3ccc(F)cc3C(=O)N(CC)C(C)C)C2)C1. The van der Waals surface area contributed by atoms with E-state index in [1.54, 1.807) is 4.90 Å². The molecule has 1 spiro atoms. The number of rotatable bonds is 13. The lowest BCUT2D eigenvalue weighted by molar-refractivity contribution is -0.0493. The van der Waals surface area contributed by atoms with Crippen LogP contribution in [0.5, 0.6) is 11.6 Å². The van der Waals surface area contributed by atoms with Crippen molar-refractivity contribution in [2.75, 3.05) is 57.8 Å². The number of aromatic nitrogens is 3. The number of ether oxygens (including phenoxy) is 1. The largest absolute Gasteiger partial charge is 0.434 e. The van der Waals surface area contributed by atoms with E-state index in [9.17, 15) is 9.18 Å². The third-order valence-corrected chi connectivity index (χ3v) is 10.1. The highest BCUT2D eigenvalue weighted by atomic mass is 32.1. The van der Waals surface area contributed by atoms with Crippen LogP contribution in [0.2, 0.25) is 0 Å². The summed E-state index contributed by atoms with van der Waals surface area (Å²) in [6.45, 7) is 18.7. The van der Waals surface area contributed by atoms with Crippen LogP contribution in [0.3, 0.4) is 0 Å². The fourth-order valence-electron chi connectivity index (χ4n) is 6.29. The van der Waals surface area contributed by atoms with Crippen molar-refractivity contribution in [2.24, 2.45) is 11.3 Å². The molecular formula is C31H48FN7O2S. The molecule has 0 radical (unpaired) electrons. The van der Waals surface area contributed by atoms with Crippen molar-refractivity contribution >= 4 is 24.4 Å². The van der Waals surface area contributed by atoms with Gasteiger partial charge in [0.1, 0.15) is 17.9 Å². The van der Waals surface area contributed by atoms with Gasteiger partial charge in [-0.15, -0.1) is 10.2 Å². The van der Waals surface area contributed by atoms with E-state index in [0.29, 0.717) is 18.3 Å². The lowest BCUT2D eigenvalue weighted by Crippen LogP contribution is -2.66. The molecule has 2 fully saturated rings. The zero-order valence-electron chi connectivity index (χ0n) is 26.3. The van der Waals surface area contributed by atoms with Gasteiger partial charge in [0.2, 0.25) is 0 Å². The number of anilines is 1. The molecule has 42 heavy (non-hydrogen) atoms. The second kappa shape index (κ2) is 13.4. The highest BCUT2D eigenvalue weighted by Crippen LogP contribution is 2.48. The lowest BCUT2D eigenvalue weighted by atomic mass is 9.76. The molecule has 1 aromatic carbocycles. The first-order chi connectivity index (χ1) is 19.9. The molecule has 1 aromatic heterocycles. The first-order valence-electron chi connectivity index (χ1n) is 15.3. The van der Waals surface area contributed by atoms with Crippen LogP contribution in [-0.2, 0) is 0 Å². The van der Waals surface area contributed by atoms with Gasteiger partial charge < -0.3 is 19.4 Å². The van der Waals surface area contributed by atoms with E-state index in [2.05, 4.69) is 57.7 Å². The van der Waals surface area contributed by atoms with Crippen molar-refractivity contribution in [3.05, 3.63) is 35.9 Å². The van der Waals surface area contributed by atoms with E-state index in [-0.39, 0.29) is 39.4 Å². The van der Waals surface area contributed by atoms with Crippen LogP contribution < -0.4 is 9.64 Å². The zero-order valence-corrected chi connectivity index (χ0v) is 27.2. The number of thiol groups is 1. The lowest BCUT2D eigenvalue weighted by Gasteiger charge is -2.57. The van der Waals surface area contributed by atoms with E-state index >= 15 is 0 Å². The molecule has 0 bridgehead atoms. The highest BCUT2D eigenvalue weighted by Gasteiger charge is 2.54. The van der Waals surface area contributed by atoms with Crippen molar-refractivity contribution in [2.45, 2.75) is 71.7 Å². The Morgan fingerprint density at radius 1 is 1.19 bits per heavy atom. The number of carbonyl (C=O) groups excluding carboxylic acids is 1. The fraction of sp³-hybridized carbons (Fsp3) is 0.677. The summed E-state index contributed by atoms with van der Waals surface area (Å²) in [4.78, 5) is 26.5. The van der Waals surface area contributed by atoms with Crippen molar-refractivity contribution in [3.63, 3.8) is 0 Å². The Morgan fingerprint density at radius 3 is 2.57 bits per heavy atom. The van der Waals surface area contributed by atoms with Crippen LogP contribution in [0.25, 0.3) is 0 Å². The quantitative estimate of drug-likeness (QED) is 0.314. The molecule has 2 aliphatic rings. The molecule has 1 atom stereocenters. The summed E-state index contributed by atoms with van der Waals surface area (Å²) in [6.07, 6.45) is 4.62. The van der Waals surface area contributed by atoms with E-state index in [1.165, 1.54) is 24.5 Å². The summed E-state index contributed by atoms with van der Waals surface area (Å²) in [5.41, 5.74) is 0.305. The van der Waals surface area contributed by atoms with E-state index in [1.807, 2.05) is 20.8 Å². The molecule has 1 amide bonds. The van der Waals surface area contributed by atoms with Gasteiger partial charge in [-0.05, 0) is 84.3 Å². The average Bonchev–Trinajstić information content (AvgIpc) is 3.39. The van der Waals surface area contributed by atoms with Crippen LogP contribution in [-0.4, -0.2) is 99.6 Å². The number of amides is 1. The highest BCUT2D eigenvalue weighted by molar-refractivity contribution is 7.81. The summed E-state index contributed by atoms with van der Waals surface area (Å²) >= 11 is 5.26. The Balaban J connectivity index is 1.48. The maximum atomic E-state index is 14.3. The van der Waals surface area contributed by atoms with Gasteiger partial charge in [-0.25, -0.2) is 9.37 Å². The van der Waals surface area contributed by atoms with Gasteiger partial charge >= 0.3 is 0 Å². The van der Waals surface area contributed by atoms with Crippen LogP contribution in [0.1, 0.15) is 71.2 Å². The predicted octanol–water partition coefficient (Wildman–Crippen LogP) is 5.20. The monoisotopic (exact) mass is 601 g/mol. The minimum atomic E-state index is -0.502. The normalized spacial score (nSPS) is 18.1. The van der Waals surface area contributed by atoms with Crippen molar-refractivity contribution in [1.29, 1.82) is 0 Å². The molecule has 0 aliphatic carbocycles. The standard InChI is InChI=1S/C31H48FN7O2S/c1-8-36(7)15-10-13-31(42,22(3)4)38-19-30(20-38)14-16-37(18-30)27-28(35-34-21-33-27)41-26-12-11-24(32)17-25(26)29(40)39(9-2)23(5)6/h11-12,17,21-23,42H,8-10,13-16,18-20H2,1-7H3. The third kappa shape index (κ3) is 6.83. The Bertz CT molecular complexity index is 1230. The van der Waals surface area contributed by atoms with Crippen molar-refractivity contribution < 1.29 is 13.9 Å². The first-order valence-corrected chi connectivity index (χ1v) is 15.7. The topological polar surface area (TPSA) is 77.9 Å². The summed E-state index contributed by atoms with van der Waals surface area (Å²) in [5.74, 6) is 0.668. The van der Waals surface area contributed by atoms with Crippen LogP contribution in [0, 0.1) is 17.2 Å². The molecule has 0 N–H and O–H groups in total. The number of halogens is 1. The summed E-state index contributed by atoms with van der Waals surface area (Å²) in [6, 6.07) is 3.94. The van der Waals surface area contributed by atoms with Crippen LogP contribution >= 0.6 is 12.6 Å². The van der Waals surface area contributed by atoms with Gasteiger partial charge in [-0.2, -0.15) is 12.6 Å². The maximum Gasteiger partial charge on any atom is 0.282 e. The molecule has 2 aliphatic heterocycles. The number of hydrogen-bond acceptors (Lipinski definition) is 9. The number of benzene rings is 1. The second-order valence-corrected chi connectivity index (χ2v) is 13.4. The molecule has 232 valence electrons. The van der Waals surface area contributed by atoms with Gasteiger partial charge in [0.05, 0.1) is 10.4 Å². The predicted molar refractivity (Wildman–Crippen MR) is 168 cm³/mol. The maximum absolute atomic E-state index is 14.3. The van der Waals surface area contributed by atoms with E-state index in [0.717, 1.165) is 58.5 Å². The molecule has 3 heterocycles. The molecular weight excluding hydrogens is 553 g/mol. The number of carbonyl (C=O) groups is 1. The molecule has 9 nitrogen and oxygen atoms in total. The molecule has 1 unspecified atom stereocenters. The van der Waals surface area contributed by atoms with Gasteiger partial charge in [0.15, 0.2) is 5.82 Å². The van der Waals surface area contributed by atoms with E-state index < -0.39 is 5.82 Å². The number of likely N-dealkylation sites (tertiary alicyclic amines) is 1. The number of hydrogen-bond donors (Lipinski definition) is 1. The minimum absolute atomic E-state index is 0.0421. The fourth-order valence-corrected chi connectivity index (χ4v) is 6.59. The summed E-state index contributed by atoms with van der Waals surface area (Å²) in [7, 11) is 2.17. The Morgan fingerprint density at radius 2 is 1.93 bits per heavy atom. The average molecular weight is 602 g/mol. The number of nitrogens with zero attached hydrogens (tertiary/aromatic N) is 7. The summed E-state index contributed by atoms with van der Waals surface area (Å²) < 4.78 is 20.5. The smallest absolute Gasteiger partial charge is 0.282 e. The van der Waals surface area contributed by atoms with Gasteiger partial charge in [-0.3, -0.25) is 9.69 Å². The Labute approximate surface area is 256 Å². The van der Waals surface area contributed by atoms with Crippen molar-refractivity contribution in [1.82, 2.24) is 29.9 Å². The first kappa shape index (κ1) is 32.4. The molecule has 11 heteroatoms. The third-order valence-electron chi connectivity index (χ3n) is 9.06. The van der Waals surface area contributed by atoms with Gasteiger partial charge in [0.25, 0.3) is 11.8 Å². The van der Waals surface area contributed by atoms with Gasteiger partial charge in [0, 0.05) is 44.2 Å². The second-order valence-electron chi connectivity index (χ2n) is 12.6. The molecule has 2 aromatic rings. The summed E-state index contributed by atoms with van der Waals surface area (Å²) in [5, 5.41) is 8.21. The minimum Gasteiger partial charge on any atom is -0.434 e. The van der Waals surface area contributed by atoms with Crippen LogP contribution in [0.4, 0.5) is 10.2 Å². The van der Waals surface area contributed by atoms with Crippen LogP contribution in [0.15, 0.2) is 24.5 Å². The molecule has 4 rings (SSSR count). The van der Waals surface area contributed by atoms with Crippen molar-refractivity contribution in [3.8, 4) is 11.6 Å². The zero-order chi connectivity index (χ0) is 30.7. The molecule has 2 saturated heterocycles. The van der Waals surface area contributed by atoms with Gasteiger partial charge in [-0.1, -0.05) is 20.8 Å². The Kier molecular flexibility index (Phi) is 10.4. The Hall–Kier alpha value is -2.50. The van der Waals surface area contributed by atoms with E-state index in [4.69, 9.17) is 17.4 Å². The molecule has 0 saturated carbocycles.